The third kappa shape index (κ3) is 3.25. The first-order valence-corrected chi connectivity index (χ1v) is 10.3. The molecular weight excluding hydrogens is 346 g/mol. The average Bonchev–Trinajstić information content (AvgIpc) is 3.27. The number of thiophene rings is 1. The molecular formula is C21H25NO3S. The largest absolute Gasteiger partial charge is 0.453 e. The van der Waals surface area contributed by atoms with E-state index in [4.69, 9.17) is 4.74 Å². The van der Waals surface area contributed by atoms with Crippen LogP contribution in [0.3, 0.4) is 0 Å². The fourth-order valence-corrected chi connectivity index (χ4v) is 5.14. The highest BCUT2D eigenvalue weighted by atomic mass is 32.1. The van der Waals surface area contributed by atoms with Gasteiger partial charge in [-0.25, -0.2) is 4.79 Å². The number of fused-ring (bicyclic) bond motifs is 1. The van der Waals surface area contributed by atoms with Crippen molar-refractivity contribution in [3.8, 4) is 0 Å². The highest BCUT2D eigenvalue weighted by Crippen LogP contribution is 2.38. The van der Waals surface area contributed by atoms with Gasteiger partial charge in [-0.05, 0) is 69.6 Å². The number of esters is 1. The second-order valence-electron chi connectivity index (χ2n) is 7.79. The Kier molecular flexibility index (Phi) is 4.51. The van der Waals surface area contributed by atoms with E-state index in [2.05, 4.69) is 11.5 Å². The van der Waals surface area contributed by atoms with Crippen LogP contribution in [0.2, 0.25) is 0 Å². The van der Waals surface area contributed by atoms with Crippen LogP contribution in [-0.2, 0) is 17.6 Å². The molecule has 138 valence electrons. The Balaban J connectivity index is 1.42. The maximum absolute atomic E-state index is 12.6. The zero-order chi connectivity index (χ0) is 18.4. The molecule has 0 amide bonds. The number of hydrogen-bond donors (Lipinski definition) is 0. The number of ether oxygens (including phenoxy) is 1. The highest BCUT2D eigenvalue weighted by molar-refractivity contribution is 7.14. The average molecular weight is 372 g/mol. The van der Waals surface area contributed by atoms with Crippen LogP contribution in [0.5, 0.6) is 0 Å². The van der Waals surface area contributed by atoms with Gasteiger partial charge in [-0.2, -0.15) is 0 Å². The zero-order valence-electron chi connectivity index (χ0n) is 15.6. The summed E-state index contributed by atoms with van der Waals surface area (Å²) in [6.07, 6.45) is 5.62. The number of carbonyl (C=O) groups is 2. The van der Waals surface area contributed by atoms with Crippen LogP contribution in [0, 0.1) is 19.8 Å². The molecule has 0 bridgehead atoms. The van der Waals surface area contributed by atoms with Crippen LogP contribution in [0.15, 0.2) is 12.1 Å². The van der Waals surface area contributed by atoms with Crippen molar-refractivity contribution in [3.63, 3.8) is 0 Å². The molecule has 5 heteroatoms. The Morgan fingerprint density at radius 1 is 1.23 bits per heavy atom. The van der Waals surface area contributed by atoms with Gasteiger partial charge in [0.25, 0.3) is 0 Å². The van der Waals surface area contributed by atoms with Crippen molar-refractivity contribution >= 4 is 23.1 Å². The number of aromatic nitrogens is 1. The zero-order valence-corrected chi connectivity index (χ0v) is 16.4. The van der Waals surface area contributed by atoms with Gasteiger partial charge in [-0.15, -0.1) is 11.3 Å². The number of aryl methyl sites for hydroxylation is 2. The lowest BCUT2D eigenvalue weighted by Gasteiger charge is -2.16. The number of Topliss-reactive ketones (excluding diaryl/α,β-unsaturated/α-hetero) is 1. The maximum atomic E-state index is 12.6. The third-order valence-electron chi connectivity index (χ3n) is 5.56. The Morgan fingerprint density at radius 3 is 2.73 bits per heavy atom. The predicted molar refractivity (Wildman–Crippen MR) is 102 cm³/mol. The van der Waals surface area contributed by atoms with E-state index in [9.17, 15) is 9.59 Å². The van der Waals surface area contributed by atoms with E-state index in [-0.39, 0.29) is 18.4 Å². The fourth-order valence-electron chi connectivity index (χ4n) is 4.04. The first-order chi connectivity index (χ1) is 12.4. The van der Waals surface area contributed by atoms with Gasteiger partial charge in [0.1, 0.15) is 4.88 Å². The van der Waals surface area contributed by atoms with Gasteiger partial charge in [-0.3, -0.25) is 4.79 Å². The van der Waals surface area contributed by atoms with E-state index in [1.54, 1.807) is 0 Å². The van der Waals surface area contributed by atoms with Crippen LogP contribution >= 0.6 is 11.3 Å². The molecule has 0 unspecified atom stereocenters. The molecule has 0 spiro atoms. The minimum Gasteiger partial charge on any atom is -0.453 e. The molecule has 4 nitrogen and oxygen atoms in total. The van der Waals surface area contributed by atoms with Crippen LogP contribution in [-0.4, -0.2) is 22.9 Å². The van der Waals surface area contributed by atoms with Crippen LogP contribution < -0.4 is 0 Å². The monoisotopic (exact) mass is 371 g/mol. The lowest BCUT2D eigenvalue weighted by molar-refractivity contribution is 0.0479. The molecule has 26 heavy (non-hydrogen) atoms. The smallest absolute Gasteiger partial charge is 0.348 e. The normalized spacial score (nSPS) is 19.3. The second kappa shape index (κ2) is 6.69. The molecule has 2 aromatic rings. The molecule has 1 fully saturated rings. The quantitative estimate of drug-likeness (QED) is 0.567. The summed E-state index contributed by atoms with van der Waals surface area (Å²) < 4.78 is 7.58. The summed E-state index contributed by atoms with van der Waals surface area (Å²) in [6, 6.07) is 4.43. The van der Waals surface area contributed by atoms with E-state index in [1.165, 1.54) is 41.0 Å². The lowest BCUT2D eigenvalue weighted by Crippen LogP contribution is -2.14. The SMILES string of the molecule is Cc1cc(C(=O)COC(=O)c2cc3c(s2)CC[C@H](C)C3)c(C)n1C1CC1. The van der Waals surface area contributed by atoms with Gasteiger partial charge in [0.2, 0.25) is 5.78 Å². The fraction of sp³-hybridized carbons (Fsp3) is 0.524. The van der Waals surface area contributed by atoms with E-state index < -0.39 is 0 Å². The molecule has 2 heterocycles. The summed E-state index contributed by atoms with van der Waals surface area (Å²) in [5, 5.41) is 0. The molecule has 1 saturated carbocycles. The van der Waals surface area contributed by atoms with Crippen molar-refractivity contribution in [3.05, 3.63) is 44.4 Å². The van der Waals surface area contributed by atoms with E-state index >= 15 is 0 Å². The molecule has 2 aliphatic carbocycles. The van der Waals surface area contributed by atoms with Crippen LogP contribution in [0.25, 0.3) is 0 Å². The Hall–Kier alpha value is -1.88. The molecule has 4 rings (SSSR count). The molecule has 0 saturated heterocycles. The van der Waals surface area contributed by atoms with E-state index in [0.29, 0.717) is 22.4 Å². The summed E-state index contributed by atoms with van der Waals surface area (Å²) in [5.74, 6) is 0.180. The molecule has 2 aromatic heterocycles. The van der Waals surface area contributed by atoms with Crippen LogP contribution in [0.4, 0.5) is 0 Å². The Labute approximate surface area is 158 Å². The third-order valence-corrected chi connectivity index (χ3v) is 6.78. The first-order valence-electron chi connectivity index (χ1n) is 9.44. The van der Waals surface area contributed by atoms with Gasteiger partial charge in [0, 0.05) is 27.9 Å². The summed E-state index contributed by atoms with van der Waals surface area (Å²) >= 11 is 1.52. The van der Waals surface area contributed by atoms with Crippen molar-refractivity contribution in [2.24, 2.45) is 5.92 Å². The Morgan fingerprint density at radius 2 is 2.00 bits per heavy atom. The molecule has 0 N–H and O–H groups in total. The molecule has 2 aliphatic rings. The molecule has 0 aliphatic heterocycles. The summed E-state index contributed by atoms with van der Waals surface area (Å²) in [5.41, 5.74) is 4.06. The predicted octanol–water partition coefficient (Wildman–Crippen LogP) is 4.67. The summed E-state index contributed by atoms with van der Waals surface area (Å²) in [6.45, 7) is 6.07. The first kappa shape index (κ1) is 17.5. The van der Waals surface area contributed by atoms with Gasteiger partial charge in [-0.1, -0.05) is 6.92 Å². The molecule has 0 aromatic carbocycles. The molecule has 1 atom stereocenters. The van der Waals surface area contributed by atoms with Gasteiger partial charge < -0.3 is 9.30 Å². The highest BCUT2D eigenvalue weighted by Gasteiger charge is 2.28. The van der Waals surface area contributed by atoms with Crippen LogP contribution in [0.1, 0.15) is 74.1 Å². The maximum Gasteiger partial charge on any atom is 0.348 e. The van der Waals surface area contributed by atoms with Gasteiger partial charge in [0.05, 0.1) is 0 Å². The minimum atomic E-state index is -0.374. The van der Waals surface area contributed by atoms with Crippen molar-refractivity contribution in [2.45, 2.75) is 58.9 Å². The van der Waals surface area contributed by atoms with Crippen molar-refractivity contribution < 1.29 is 14.3 Å². The van der Waals surface area contributed by atoms with Crippen molar-refractivity contribution in [2.75, 3.05) is 6.61 Å². The number of carbonyl (C=O) groups excluding carboxylic acids is 2. The second-order valence-corrected chi connectivity index (χ2v) is 8.93. The number of ketones is 1. The minimum absolute atomic E-state index is 0.117. The number of hydrogen-bond acceptors (Lipinski definition) is 4. The summed E-state index contributed by atoms with van der Waals surface area (Å²) in [4.78, 5) is 26.9. The van der Waals surface area contributed by atoms with E-state index in [1.807, 2.05) is 26.0 Å². The Bertz CT molecular complexity index is 872. The van der Waals surface area contributed by atoms with Crippen molar-refractivity contribution in [1.29, 1.82) is 0 Å². The standard InChI is InChI=1S/C21H25NO3S/c1-12-4-7-19-15(8-12)10-20(26-19)21(24)25-11-18(23)17-9-13(2)22(14(17)3)16-5-6-16/h9-10,12,16H,4-8,11H2,1-3H3/t12-/m0/s1. The number of nitrogens with zero attached hydrogens (tertiary/aromatic N) is 1. The number of rotatable bonds is 5. The summed E-state index contributed by atoms with van der Waals surface area (Å²) in [7, 11) is 0. The molecule has 0 radical (unpaired) electrons. The lowest BCUT2D eigenvalue weighted by atomic mass is 9.90. The van der Waals surface area contributed by atoms with Gasteiger partial charge >= 0.3 is 5.97 Å². The van der Waals surface area contributed by atoms with Gasteiger partial charge in [0.15, 0.2) is 6.61 Å². The van der Waals surface area contributed by atoms with Crippen molar-refractivity contribution in [1.82, 2.24) is 4.57 Å². The topological polar surface area (TPSA) is 48.3 Å². The van der Waals surface area contributed by atoms with E-state index in [0.717, 1.165) is 24.2 Å².